The van der Waals surface area contributed by atoms with Gasteiger partial charge in [-0.2, -0.15) is 0 Å². The van der Waals surface area contributed by atoms with Crippen molar-refractivity contribution in [2.24, 2.45) is 11.8 Å². The Balaban J connectivity index is 1.60. The number of carboxylic acids is 1. The quantitative estimate of drug-likeness (QED) is 0.218. The molecule has 204 valence electrons. The number of nitrogens with one attached hydrogen (secondary N) is 1. The number of carbonyl (C=O) groups is 1. The molecule has 0 unspecified atom stereocenters. The van der Waals surface area contributed by atoms with E-state index in [2.05, 4.69) is 11.9 Å². The fourth-order valence-electron chi connectivity index (χ4n) is 5.21. The number of ether oxygens (including phenoxy) is 4. The number of fused-ring (bicyclic) bond motifs is 1. The fraction of sp³-hybridized carbons (Fsp3) is 0.560. The summed E-state index contributed by atoms with van der Waals surface area (Å²) in [6, 6.07) is 3.06. The number of aliphatic carboxylic acids is 1. The third-order valence-electron chi connectivity index (χ3n) is 7.23. The lowest BCUT2D eigenvalue weighted by Gasteiger charge is -2.43. The van der Waals surface area contributed by atoms with Gasteiger partial charge in [-0.1, -0.05) is 6.08 Å². The van der Waals surface area contributed by atoms with Crippen molar-refractivity contribution < 1.29 is 54.4 Å². The molecule has 1 saturated heterocycles. The maximum Gasteiger partial charge on any atom is 0.334 e. The van der Waals surface area contributed by atoms with Gasteiger partial charge in [-0.25, -0.2) is 4.79 Å². The Morgan fingerprint density at radius 3 is 2.62 bits per heavy atom. The molecule has 1 fully saturated rings. The van der Waals surface area contributed by atoms with Crippen LogP contribution in [-0.4, -0.2) is 93.9 Å². The Morgan fingerprint density at radius 2 is 1.97 bits per heavy atom. The second-order valence-corrected chi connectivity index (χ2v) is 9.35. The highest BCUT2D eigenvalue weighted by molar-refractivity contribution is 5.87. The standard InChI is InChI=1S/C25H33NO11/c1-3-12-14(7-16-13-8-17(28)18(34-2)6-11(13)4-5-26-16)15(23(32)33)10-35-24(12)37-25-22(31)21(30)20(29)19(9-27)36-25/h3,6,8,10,12,14,16,19-22,24-31H,1,4-5,7,9H2,2H3,(H,32,33)/t12-,14+,16+,19-,20-,21+,22-,24+,25+/m0/s1. The molecule has 1 aromatic rings. The first-order valence-corrected chi connectivity index (χ1v) is 12.0. The Labute approximate surface area is 213 Å². The van der Waals surface area contributed by atoms with Crippen LogP contribution in [0.2, 0.25) is 0 Å². The van der Waals surface area contributed by atoms with Gasteiger partial charge in [-0.05, 0) is 42.6 Å². The zero-order valence-corrected chi connectivity index (χ0v) is 20.3. The molecule has 4 rings (SSSR count). The van der Waals surface area contributed by atoms with E-state index in [0.29, 0.717) is 18.7 Å². The Bertz CT molecular complexity index is 1030. The third kappa shape index (κ3) is 5.32. The molecule has 0 saturated carbocycles. The number of methoxy groups -OCH3 is 1. The van der Waals surface area contributed by atoms with Crippen molar-refractivity contribution in [3.63, 3.8) is 0 Å². The summed E-state index contributed by atoms with van der Waals surface area (Å²) in [7, 11) is 1.47. The minimum absolute atomic E-state index is 0.00907. The summed E-state index contributed by atoms with van der Waals surface area (Å²) in [5.41, 5.74) is 1.77. The van der Waals surface area contributed by atoms with E-state index in [1.54, 1.807) is 12.1 Å². The number of hydrogen-bond donors (Lipinski definition) is 7. The molecular formula is C25H33NO11. The predicted octanol–water partition coefficient (Wildman–Crippen LogP) is -0.463. The minimum atomic E-state index is -1.65. The van der Waals surface area contributed by atoms with E-state index in [-0.39, 0.29) is 23.8 Å². The number of aliphatic hydroxyl groups is 4. The van der Waals surface area contributed by atoms with Crippen molar-refractivity contribution in [2.75, 3.05) is 20.3 Å². The number of carboxylic acid groups (broad SMARTS) is 1. The zero-order chi connectivity index (χ0) is 26.9. The number of phenolic OH excluding ortho intramolecular Hbond substituents is 1. The van der Waals surface area contributed by atoms with Crippen LogP contribution >= 0.6 is 0 Å². The van der Waals surface area contributed by atoms with Crippen LogP contribution < -0.4 is 10.1 Å². The van der Waals surface area contributed by atoms with Crippen LogP contribution in [-0.2, 0) is 25.4 Å². The highest BCUT2D eigenvalue weighted by atomic mass is 16.8. The van der Waals surface area contributed by atoms with E-state index >= 15 is 0 Å². The van der Waals surface area contributed by atoms with E-state index in [9.17, 15) is 35.4 Å². The molecule has 0 amide bonds. The van der Waals surface area contributed by atoms with Crippen LogP contribution in [0.1, 0.15) is 23.6 Å². The summed E-state index contributed by atoms with van der Waals surface area (Å²) < 4.78 is 22.0. The van der Waals surface area contributed by atoms with Gasteiger partial charge in [0, 0.05) is 17.9 Å². The summed E-state index contributed by atoms with van der Waals surface area (Å²) in [6.07, 6.45) is -5.10. The van der Waals surface area contributed by atoms with E-state index in [1.165, 1.54) is 13.2 Å². The number of aliphatic hydroxyl groups excluding tert-OH is 4. The molecule has 0 aromatic heterocycles. The summed E-state index contributed by atoms with van der Waals surface area (Å²) in [6.45, 7) is 3.84. The van der Waals surface area contributed by atoms with Crippen LogP contribution in [0, 0.1) is 11.8 Å². The lowest BCUT2D eigenvalue weighted by Crippen LogP contribution is -2.60. The Kier molecular flexibility index (Phi) is 8.39. The molecule has 3 heterocycles. The minimum Gasteiger partial charge on any atom is -0.504 e. The van der Waals surface area contributed by atoms with Gasteiger partial charge in [0.25, 0.3) is 0 Å². The van der Waals surface area contributed by atoms with E-state index in [1.807, 2.05) is 0 Å². The van der Waals surface area contributed by atoms with Crippen molar-refractivity contribution >= 4 is 5.97 Å². The van der Waals surface area contributed by atoms with Crippen LogP contribution in [0.5, 0.6) is 11.5 Å². The predicted molar refractivity (Wildman–Crippen MR) is 126 cm³/mol. The number of aromatic hydroxyl groups is 1. The maximum absolute atomic E-state index is 12.1. The second kappa shape index (κ2) is 11.4. The lowest BCUT2D eigenvalue weighted by atomic mass is 9.77. The number of phenols is 1. The van der Waals surface area contributed by atoms with Crippen LogP contribution in [0.4, 0.5) is 0 Å². The summed E-state index contributed by atoms with van der Waals surface area (Å²) in [5.74, 6) is -2.24. The molecule has 0 radical (unpaired) electrons. The molecule has 0 aliphatic carbocycles. The lowest BCUT2D eigenvalue weighted by molar-refractivity contribution is -0.339. The molecule has 0 bridgehead atoms. The van der Waals surface area contributed by atoms with Crippen molar-refractivity contribution in [1.82, 2.24) is 5.32 Å². The molecule has 3 aliphatic rings. The average Bonchev–Trinajstić information content (AvgIpc) is 2.88. The molecule has 1 aromatic carbocycles. The van der Waals surface area contributed by atoms with Crippen molar-refractivity contribution in [1.29, 1.82) is 0 Å². The maximum atomic E-state index is 12.1. The smallest absolute Gasteiger partial charge is 0.334 e. The molecule has 9 atom stereocenters. The number of benzene rings is 1. The van der Waals surface area contributed by atoms with Gasteiger partial charge in [0.05, 0.1) is 25.6 Å². The van der Waals surface area contributed by atoms with Crippen LogP contribution in [0.25, 0.3) is 0 Å². The van der Waals surface area contributed by atoms with Crippen molar-refractivity contribution in [2.45, 2.75) is 55.9 Å². The first-order valence-electron chi connectivity index (χ1n) is 12.0. The fourth-order valence-corrected chi connectivity index (χ4v) is 5.21. The molecule has 12 nitrogen and oxygen atoms in total. The van der Waals surface area contributed by atoms with Crippen LogP contribution in [0.15, 0.2) is 36.6 Å². The highest BCUT2D eigenvalue weighted by Gasteiger charge is 2.48. The molecule has 7 N–H and O–H groups in total. The zero-order valence-electron chi connectivity index (χ0n) is 20.3. The largest absolute Gasteiger partial charge is 0.504 e. The van der Waals surface area contributed by atoms with Crippen molar-refractivity contribution in [3.05, 3.63) is 47.7 Å². The molecule has 12 heteroatoms. The van der Waals surface area contributed by atoms with Crippen molar-refractivity contribution in [3.8, 4) is 11.5 Å². The average molecular weight is 524 g/mol. The van der Waals surface area contributed by atoms with Crippen LogP contribution in [0.3, 0.4) is 0 Å². The SMILES string of the molecule is C=C[C@@H]1[C@@H](O[C@H]2O[C@@H](CO)[C@H](O)[C@@H](O)[C@@H]2O)OC=C(C(=O)O)[C@@H]1C[C@H]1NCCc2cc(OC)c(O)cc21. The van der Waals surface area contributed by atoms with Gasteiger partial charge < -0.3 is 54.9 Å². The second-order valence-electron chi connectivity index (χ2n) is 9.35. The number of rotatable bonds is 8. The van der Waals surface area contributed by atoms with Gasteiger partial charge >= 0.3 is 5.97 Å². The summed E-state index contributed by atoms with van der Waals surface area (Å²) in [5, 5.41) is 63.6. The molecule has 3 aliphatic heterocycles. The summed E-state index contributed by atoms with van der Waals surface area (Å²) in [4.78, 5) is 12.1. The number of hydrogen-bond acceptors (Lipinski definition) is 11. The Morgan fingerprint density at radius 1 is 1.22 bits per heavy atom. The topological polar surface area (TPSA) is 187 Å². The molecular weight excluding hydrogens is 490 g/mol. The normalized spacial score (nSPS) is 35.6. The van der Waals surface area contributed by atoms with Gasteiger partial charge in [0.2, 0.25) is 6.29 Å². The van der Waals surface area contributed by atoms with Gasteiger partial charge in [-0.3, -0.25) is 0 Å². The molecule has 37 heavy (non-hydrogen) atoms. The first-order chi connectivity index (χ1) is 17.7. The molecule has 0 spiro atoms. The monoisotopic (exact) mass is 523 g/mol. The first kappa shape index (κ1) is 27.3. The van der Waals surface area contributed by atoms with Gasteiger partial charge in [-0.15, -0.1) is 6.58 Å². The Hall–Kier alpha value is -2.71. The van der Waals surface area contributed by atoms with E-state index in [4.69, 9.17) is 18.9 Å². The highest BCUT2D eigenvalue weighted by Crippen LogP contribution is 2.42. The third-order valence-corrected chi connectivity index (χ3v) is 7.23. The van der Waals surface area contributed by atoms with E-state index < -0.39 is 61.4 Å². The van der Waals surface area contributed by atoms with Gasteiger partial charge in [0.1, 0.15) is 24.4 Å². The summed E-state index contributed by atoms with van der Waals surface area (Å²) >= 11 is 0. The van der Waals surface area contributed by atoms with Gasteiger partial charge in [0.15, 0.2) is 17.8 Å². The van der Waals surface area contributed by atoms with E-state index in [0.717, 1.165) is 17.4 Å².